The van der Waals surface area contributed by atoms with Crippen LogP contribution in [0.1, 0.15) is 58.9 Å². The monoisotopic (exact) mass is 546 g/mol. The van der Waals surface area contributed by atoms with Gasteiger partial charge in [0, 0.05) is 30.5 Å². The minimum Gasteiger partial charge on any atom is -0.216 e. The molecule has 0 saturated carbocycles. The summed E-state index contributed by atoms with van der Waals surface area (Å²) in [5, 5.41) is 0. The number of unbranched alkanes of at least 4 members (excludes halogenated alkanes) is 2. The van der Waals surface area contributed by atoms with E-state index in [1.165, 1.54) is 25.7 Å². The first-order valence-corrected chi connectivity index (χ1v) is 10.1. The molecule has 0 aromatic heterocycles. The van der Waals surface area contributed by atoms with Crippen LogP contribution in [-0.4, -0.2) is 0 Å². The summed E-state index contributed by atoms with van der Waals surface area (Å²) in [7, 11) is 0. The van der Waals surface area contributed by atoms with E-state index in [0.717, 1.165) is 4.47 Å². The van der Waals surface area contributed by atoms with E-state index in [4.69, 9.17) is 0 Å². The fraction of sp³-hybridized carbons (Fsp3) is 0.333. The second-order valence-corrected chi connectivity index (χ2v) is 6.14. The van der Waals surface area contributed by atoms with Gasteiger partial charge in [-0.05, 0) is 12.1 Å². The number of halogens is 3. The van der Waals surface area contributed by atoms with Crippen molar-refractivity contribution in [3.05, 3.63) is 90.2 Å². The minimum atomic E-state index is -0.379. The molecular formula is C24H35BrF2Pd. The van der Waals surface area contributed by atoms with Crippen LogP contribution in [0.25, 0.3) is 5.83 Å². The van der Waals surface area contributed by atoms with Crippen LogP contribution in [0, 0.1) is 0 Å². The third-order valence-electron chi connectivity index (χ3n) is 2.82. The summed E-state index contributed by atoms with van der Waals surface area (Å²) >= 11 is 3.31. The van der Waals surface area contributed by atoms with E-state index in [2.05, 4.69) is 56.8 Å². The van der Waals surface area contributed by atoms with E-state index in [9.17, 15) is 8.78 Å². The van der Waals surface area contributed by atoms with Gasteiger partial charge < -0.3 is 0 Å². The first-order valence-electron chi connectivity index (χ1n) is 9.26. The number of hydrogen-bond donors (Lipinski definition) is 0. The van der Waals surface area contributed by atoms with Gasteiger partial charge in [-0.3, -0.25) is 0 Å². The molecule has 0 N–H and O–H groups in total. The molecule has 0 radical (unpaired) electrons. The predicted molar refractivity (Wildman–Crippen MR) is 123 cm³/mol. The Balaban J connectivity index is -0.000000136. The Morgan fingerprint density at radius 1 is 0.821 bits per heavy atom. The van der Waals surface area contributed by atoms with Gasteiger partial charge in [0.25, 0.3) is 0 Å². The Labute approximate surface area is 193 Å². The van der Waals surface area contributed by atoms with Crippen LogP contribution in [0.2, 0.25) is 0 Å². The molecule has 0 bridgehead atoms. The second kappa shape index (κ2) is 30.6. The topological polar surface area (TPSA) is 0 Å². The van der Waals surface area contributed by atoms with Gasteiger partial charge >= 0.3 is 0 Å². The molecule has 0 atom stereocenters. The van der Waals surface area contributed by atoms with E-state index >= 15 is 0 Å². The summed E-state index contributed by atoms with van der Waals surface area (Å²) in [5.41, 5.74) is 0.553. The van der Waals surface area contributed by atoms with Gasteiger partial charge in [-0.25, -0.2) is 8.78 Å². The third kappa shape index (κ3) is 32.6. The predicted octanol–water partition coefficient (Wildman–Crippen LogP) is 9.79. The maximum atomic E-state index is 12.2. The number of benzene rings is 2. The maximum Gasteiger partial charge on any atom is 0.123 e. The molecule has 0 aliphatic carbocycles. The van der Waals surface area contributed by atoms with E-state index in [1.54, 1.807) is 24.3 Å². The first-order chi connectivity index (χ1) is 12.9. The zero-order valence-corrected chi connectivity index (χ0v) is 20.7. The van der Waals surface area contributed by atoms with E-state index in [-0.39, 0.29) is 32.6 Å². The van der Waals surface area contributed by atoms with Crippen molar-refractivity contribution < 1.29 is 29.2 Å². The third-order valence-corrected chi connectivity index (χ3v) is 3.35. The minimum absolute atomic E-state index is 0. The maximum absolute atomic E-state index is 12.2. The molecule has 0 unspecified atom stereocenters. The average molecular weight is 548 g/mol. The van der Waals surface area contributed by atoms with E-state index < -0.39 is 0 Å². The first kappa shape index (κ1) is 34.4. The van der Waals surface area contributed by atoms with Crippen molar-refractivity contribution in [2.75, 3.05) is 0 Å². The van der Waals surface area contributed by atoms with E-state index in [1.807, 2.05) is 36.4 Å². The standard InChI is InChI=1S/C8H7F.C6H5Br.2C4H10.C2H3F.Pd/c1-7(9)8-5-3-2-4-6-8;7-6-4-2-1-3-5-6;2*1-3-4-2;1-2-3;/h2-6H,1H2;1-5H;2*3-4H2,1-2H3;2H,1H2;. The molecule has 0 heterocycles. The summed E-state index contributed by atoms with van der Waals surface area (Å²) in [5.74, 6) is -0.379. The zero-order chi connectivity index (χ0) is 21.3. The summed E-state index contributed by atoms with van der Waals surface area (Å²) in [6.45, 7) is 14.6. The van der Waals surface area contributed by atoms with Crippen molar-refractivity contribution >= 4 is 21.8 Å². The summed E-state index contributed by atoms with van der Waals surface area (Å²) in [6, 6.07) is 18.7. The van der Waals surface area contributed by atoms with Crippen molar-refractivity contribution in [1.29, 1.82) is 0 Å². The summed E-state index contributed by atoms with van der Waals surface area (Å²) < 4.78 is 23.4. The summed E-state index contributed by atoms with van der Waals surface area (Å²) in [6.07, 6.45) is 5.53. The second-order valence-electron chi connectivity index (χ2n) is 5.22. The van der Waals surface area contributed by atoms with Crippen LogP contribution >= 0.6 is 15.9 Å². The average Bonchev–Trinajstić information content (AvgIpc) is 2.70. The smallest absolute Gasteiger partial charge is 0.123 e. The van der Waals surface area contributed by atoms with Gasteiger partial charge in [0.1, 0.15) is 5.83 Å². The van der Waals surface area contributed by atoms with Gasteiger partial charge in [-0.15, -0.1) is 0 Å². The molecule has 2 rings (SSSR count). The number of hydrogen-bond acceptors (Lipinski definition) is 0. The number of rotatable bonds is 3. The molecule has 0 saturated heterocycles. The van der Waals surface area contributed by atoms with Gasteiger partial charge in [0.15, 0.2) is 0 Å². The van der Waals surface area contributed by atoms with Gasteiger partial charge in [-0.2, -0.15) is 0 Å². The fourth-order valence-corrected chi connectivity index (χ4v) is 1.34. The van der Waals surface area contributed by atoms with Gasteiger partial charge in [0.05, 0.1) is 6.33 Å². The Hall–Kier alpha value is -1.08. The van der Waals surface area contributed by atoms with Crippen molar-refractivity contribution in [3.63, 3.8) is 0 Å². The van der Waals surface area contributed by atoms with Crippen molar-refractivity contribution in [2.45, 2.75) is 53.4 Å². The van der Waals surface area contributed by atoms with Crippen molar-refractivity contribution in [2.24, 2.45) is 0 Å². The van der Waals surface area contributed by atoms with E-state index in [0.29, 0.717) is 5.56 Å². The molecule has 2 aromatic carbocycles. The molecule has 162 valence electrons. The molecule has 0 aliphatic heterocycles. The molecule has 4 heteroatoms. The Bertz CT molecular complexity index is 523. The van der Waals surface area contributed by atoms with Crippen molar-refractivity contribution in [3.8, 4) is 0 Å². The zero-order valence-electron chi connectivity index (χ0n) is 17.5. The van der Waals surface area contributed by atoms with Crippen LogP contribution in [0.5, 0.6) is 0 Å². The summed E-state index contributed by atoms with van der Waals surface area (Å²) in [4.78, 5) is 0. The Kier molecular flexibility index (Phi) is 37.7. The molecule has 0 aliphatic rings. The van der Waals surface area contributed by atoms with Crippen molar-refractivity contribution in [1.82, 2.24) is 0 Å². The molecule has 0 fully saturated rings. The molecule has 2 aromatic rings. The molecule has 0 amide bonds. The normalized spacial score (nSPS) is 7.68. The fourth-order valence-electron chi connectivity index (χ4n) is 1.03. The SMILES string of the molecule is Brc1ccccc1.C=C(F)c1ccccc1.C=CF.CCCC.CCCC.[Pd]. The van der Waals surface area contributed by atoms with Gasteiger partial charge in [-0.1, -0.05) is 131 Å². The Morgan fingerprint density at radius 3 is 1.25 bits per heavy atom. The molecule has 0 nitrogen and oxygen atoms in total. The van der Waals surface area contributed by atoms with Gasteiger partial charge in [0.2, 0.25) is 0 Å². The molecule has 0 spiro atoms. The van der Waals surface area contributed by atoms with Crippen LogP contribution < -0.4 is 0 Å². The molecule has 28 heavy (non-hydrogen) atoms. The molecular weight excluding hydrogens is 513 g/mol. The quantitative estimate of drug-likeness (QED) is 0.336. The Morgan fingerprint density at radius 2 is 1.11 bits per heavy atom. The van der Waals surface area contributed by atoms with Crippen LogP contribution in [-0.2, 0) is 20.4 Å². The van der Waals surface area contributed by atoms with Crippen LogP contribution in [0.4, 0.5) is 8.78 Å². The van der Waals surface area contributed by atoms with Crippen LogP contribution in [0.3, 0.4) is 0 Å². The largest absolute Gasteiger partial charge is 0.216 e. The van der Waals surface area contributed by atoms with Crippen LogP contribution in [0.15, 0.2) is 84.6 Å².